The van der Waals surface area contributed by atoms with Gasteiger partial charge < -0.3 is 20.3 Å². The fraction of sp³-hybridized carbons (Fsp3) is 1.00. The average molecular weight is 271 g/mol. The highest BCUT2D eigenvalue weighted by Gasteiger charge is 2.39. The van der Waals surface area contributed by atoms with E-state index in [4.69, 9.17) is 15.2 Å². The van der Waals surface area contributed by atoms with Crippen molar-refractivity contribution in [1.29, 1.82) is 0 Å². The van der Waals surface area contributed by atoms with E-state index in [1.165, 1.54) is 6.42 Å². The molecular formula is C15H29NO3. The van der Waals surface area contributed by atoms with Gasteiger partial charge in [-0.1, -0.05) is 6.42 Å². The zero-order chi connectivity index (χ0) is 13.7. The standard InChI is InChI=1S/C15H29NO3/c1-18-13-5-2-6-14(10-13)19-9-7-12-4-3-8-15(12,17)11-16/h12-14,17H,2-11,16H2,1H3. The first kappa shape index (κ1) is 15.2. The Morgan fingerprint density at radius 1 is 1.21 bits per heavy atom. The van der Waals surface area contributed by atoms with Gasteiger partial charge in [-0.05, 0) is 50.9 Å². The molecule has 2 aliphatic carbocycles. The molecule has 4 nitrogen and oxygen atoms in total. The van der Waals surface area contributed by atoms with Crippen LogP contribution >= 0.6 is 0 Å². The number of nitrogens with two attached hydrogens (primary N) is 1. The second-order valence-corrected chi connectivity index (χ2v) is 6.20. The summed E-state index contributed by atoms with van der Waals surface area (Å²) in [6.45, 7) is 1.13. The molecule has 0 aromatic carbocycles. The van der Waals surface area contributed by atoms with E-state index < -0.39 is 5.60 Å². The normalized spacial score (nSPS) is 39.6. The molecule has 0 radical (unpaired) electrons. The van der Waals surface area contributed by atoms with Crippen LogP contribution in [0.3, 0.4) is 0 Å². The molecule has 2 aliphatic rings. The van der Waals surface area contributed by atoms with Crippen LogP contribution in [0.4, 0.5) is 0 Å². The Hall–Kier alpha value is -0.160. The Morgan fingerprint density at radius 3 is 2.74 bits per heavy atom. The monoisotopic (exact) mass is 271 g/mol. The fourth-order valence-corrected chi connectivity index (χ4v) is 3.65. The van der Waals surface area contributed by atoms with Gasteiger partial charge in [0.1, 0.15) is 0 Å². The van der Waals surface area contributed by atoms with Crippen LogP contribution in [0.15, 0.2) is 0 Å². The quantitative estimate of drug-likeness (QED) is 0.773. The van der Waals surface area contributed by atoms with Gasteiger partial charge >= 0.3 is 0 Å². The Kier molecular flexibility index (Phi) is 5.63. The van der Waals surface area contributed by atoms with Crippen molar-refractivity contribution in [3.05, 3.63) is 0 Å². The number of methoxy groups -OCH3 is 1. The largest absolute Gasteiger partial charge is 0.388 e. The number of ether oxygens (including phenoxy) is 2. The highest BCUT2D eigenvalue weighted by molar-refractivity contribution is 4.92. The molecule has 2 rings (SSSR count). The molecule has 0 aliphatic heterocycles. The van der Waals surface area contributed by atoms with Crippen LogP contribution in [-0.2, 0) is 9.47 Å². The minimum Gasteiger partial charge on any atom is -0.388 e. The van der Waals surface area contributed by atoms with Crippen LogP contribution < -0.4 is 5.73 Å². The first-order chi connectivity index (χ1) is 9.18. The van der Waals surface area contributed by atoms with E-state index in [-0.39, 0.29) is 0 Å². The van der Waals surface area contributed by atoms with Crippen LogP contribution in [0, 0.1) is 5.92 Å². The Labute approximate surface area is 116 Å². The third-order valence-corrected chi connectivity index (χ3v) is 5.01. The highest BCUT2D eigenvalue weighted by atomic mass is 16.5. The van der Waals surface area contributed by atoms with Crippen molar-refractivity contribution in [2.75, 3.05) is 20.3 Å². The molecule has 0 aromatic rings. The van der Waals surface area contributed by atoms with Crippen molar-refractivity contribution >= 4 is 0 Å². The molecule has 112 valence electrons. The molecule has 4 heteroatoms. The lowest BCUT2D eigenvalue weighted by molar-refractivity contribution is -0.0464. The van der Waals surface area contributed by atoms with Crippen molar-refractivity contribution in [3.8, 4) is 0 Å². The minimum atomic E-state index is -0.634. The fourth-order valence-electron chi connectivity index (χ4n) is 3.65. The topological polar surface area (TPSA) is 64.7 Å². The third kappa shape index (κ3) is 3.91. The molecule has 4 atom stereocenters. The minimum absolute atomic E-state index is 0.319. The van der Waals surface area contributed by atoms with Crippen LogP contribution in [0.5, 0.6) is 0 Å². The summed E-state index contributed by atoms with van der Waals surface area (Å²) in [5.41, 5.74) is 5.07. The molecule has 0 aromatic heterocycles. The lowest BCUT2D eigenvalue weighted by atomic mass is 9.88. The van der Waals surface area contributed by atoms with Crippen molar-refractivity contribution < 1.29 is 14.6 Å². The van der Waals surface area contributed by atoms with Gasteiger partial charge in [0.25, 0.3) is 0 Å². The summed E-state index contributed by atoms with van der Waals surface area (Å²) in [6.07, 6.45) is 9.18. The predicted octanol–water partition coefficient (Wildman–Crippen LogP) is 1.84. The summed E-state index contributed by atoms with van der Waals surface area (Å²) < 4.78 is 11.4. The van der Waals surface area contributed by atoms with E-state index >= 15 is 0 Å². The lowest BCUT2D eigenvalue weighted by Gasteiger charge is -2.31. The van der Waals surface area contributed by atoms with Crippen molar-refractivity contribution in [1.82, 2.24) is 0 Å². The Balaban J connectivity index is 1.68. The van der Waals surface area contributed by atoms with Crippen LogP contribution in [0.25, 0.3) is 0 Å². The second-order valence-electron chi connectivity index (χ2n) is 6.20. The summed E-state index contributed by atoms with van der Waals surface area (Å²) in [5.74, 6) is 0.319. The van der Waals surface area contributed by atoms with Crippen molar-refractivity contribution in [2.45, 2.75) is 69.2 Å². The molecule has 0 spiro atoms. The smallest absolute Gasteiger partial charge is 0.0798 e. The van der Waals surface area contributed by atoms with Gasteiger partial charge in [0.15, 0.2) is 0 Å². The molecule has 2 fully saturated rings. The summed E-state index contributed by atoms with van der Waals surface area (Å²) in [4.78, 5) is 0. The zero-order valence-electron chi connectivity index (χ0n) is 12.1. The Bertz CT molecular complexity index is 274. The third-order valence-electron chi connectivity index (χ3n) is 5.01. The maximum atomic E-state index is 10.4. The van der Waals surface area contributed by atoms with Gasteiger partial charge in [0.2, 0.25) is 0 Å². The van der Waals surface area contributed by atoms with E-state index in [0.29, 0.717) is 24.7 Å². The van der Waals surface area contributed by atoms with Crippen LogP contribution in [0.2, 0.25) is 0 Å². The maximum absolute atomic E-state index is 10.4. The second kappa shape index (κ2) is 7.02. The van der Waals surface area contributed by atoms with Gasteiger partial charge in [-0.15, -0.1) is 0 Å². The summed E-state index contributed by atoms with van der Waals surface area (Å²) in [7, 11) is 1.78. The van der Waals surface area contributed by atoms with Crippen molar-refractivity contribution in [3.63, 3.8) is 0 Å². The molecular weight excluding hydrogens is 242 g/mol. The summed E-state index contributed by atoms with van der Waals surface area (Å²) in [5, 5.41) is 10.4. The van der Waals surface area contributed by atoms with E-state index in [2.05, 4.69) is 0 Å². The van der Waals surface area contributed by atoms with E-state index in [1.54, 1.807) is 7.11 Å². The van der Waals surface area contributed by atoms with E-state index in [9.17, 15) is 5.11 Å². The molecule has 19 heavy (non-hydrogen) atoms. The molecule has 3 N–H and O–H groups in total. The summed E-state index contributed by atoms with van der Waals surface area (Å²) >= 11 is 0. The molecule has 2 saturated carbocycles. The lowest BCUT2D eigenvalue weighted by Crippen LogP contribution is -2.41. The summed E-state index contributed by atoms with van der Waals surface area (Å²) in [6, 6.07) is 0. The van der Waals surface area contributed by atoms with Gasteiger partial charge in [0, 0.05) is 20.3 Å². The highest BCUT2D eigenvalue weighted by Crippen LogP contribution is 2.37. The SMILES string of the molecule is COC1CCCC(OCCC2CCCC2(O)CN)C1. The molecule has 0 amide bonds. The van der Waals surface area contributed by atoms with Crippen LogP contribution in [0.1, 0.15) is 51.4 Å². The Morgan fingerprint density at radius 2 is 2.00 bits per heavy atom. The molecule has 0 bridgehead atoms. The van der Waals surface area contributed by atoms with E-state index in [1.807, 2.05) is 0 Å². The zero-order valence-corrected chi connectivity index (χ0v) is 12.1. The predicted molar refractivity (Wildman–Crippen MR) is 75.0 cm³/mol. The number of rotatable bonds is 6. The molecule has 0 heterocycles. The van der Waals surface area contributed by atoms with Crippen molar-refractivity contribution in [2.24, 2.45) is 11.7 Å². The van der Waals surface area contributed by atoms with Gasteiger partial charge in [-0.25, -0.2) is 0 Å². The number of hydrogen-bond donors (Lipinski definition) is 2. The average Bonchev–Trinajstić information content (AvgIpc) is 2.81. The van der Waals surface area contributed by atoms with Gasteiger partial charge in [0.05, 0.1) is 17.8 Å². The van der Waals surface area contributed by atoms with Crippen LogP contribution in [-0.4, -0.2) is 43.2 Å². The van der Waals surface area contributed by atoms with Gasteiger partial charge in [-0.2, -0.15) is 0 Å². The number of hydrogen-bond acceptors (Lipinski definition) is 4. The molecule has 4 unspecified atom stereocenters. The van der Waals surface area contributed by atoms with E-state index in [0.717, 1.165) is 51.6 Å². The van der Waals surface area contributed by atoms with Gasteiger partial charge in [-0.3, -0.25) is 0 Å². The first-order valence-corrected chi connectivity index (χ1v) is 7.75. The molecule has 0 saturated heterocycles. The number of aliphatic hydroxyl groups is 1. The maximum Gasteiger partial charge on any atom is 0.0798 e. The first-order valence-electron chi connectivity index (χ1n) is 7.75.